The number of halogens is 13. The van der Waals surface area contributed by atoms with E-state index in [9.17, 15) is 70.3 Å². The van der Waals surface area contributed by atoms with Crippen LogP contribution < -0.4 is 10.0 Å². The van der Waals surface area contributed by atoms with E-state index in [1.165, 1.54) is 19.2 Å². The van der Waals surface area contributed by atoms with Crippen LogP contribution in [0.25, 0.3) is 0 Å². The lowest BCUT2D eigenvalue weighted by atomic mass is 9.93. The average Bonchev–Trinajstić information content (AvgIpc) is 2.77. The molecule has 0 spiro atoms. The van der Waals surface area contributed by atoms with Crippen molar-refractivity contribution in [2.24, 2.45) is 0 Å². The zero-order valence-corrected chi connectivity index (χ0v) is 19.2. The van der Waals surface area contributed by atoms with Gasteiger partial charge in [0.05, 0.1) is 4.90 Å². The Hall–Kier alpha value is -3.39. The highest BCUT2D eigenvalue weighted by molar-refractivity contribution is 7.92. The van der Waals surface area contributed by atoms with Crippen molar-refractivity contribution >= 4 is 27.6 Å². The Morgan fingerprint density at radius 1 is 0.744 bits per heavy atom. The minimum absolute atomic E-state index is 0.323. The van der Waals surface area contributed by atoms with E-state index in [2.05, 4.69) is 9.97 Å². The molecule has 0 bridgehead atoms. The molecule has 1 amide bonds. The van der Waals surface area contributed by atoms with Crippen molar-refractivity contribution in [2.75, 3.05) is 10.0 Å². The van der Waals surface area contributed by atoms with Gasteiger partial charge in [-0.05, 0) is 37.3 Å². The van der Waals surface area contributed by atoms with Crippen molar-refractivity contribution < 1.29 is 70.3 Å². The molecular weight excluding hydrogens is 599 g/mol. The van der Waals surface area contributed by atoms with Gasteiger partial charge in [-0.1, -0.05) is 0 Å². The first-order valence-corrected chi connectivity index (χ1v) is 11.0. The molecule has 0 aliphatic heterocycles. The molecule has 0 atom stereocenters. The molecule has 2 aromatic rings. The van der Waals surface area contributed by atoms with Crippen LogP contribution in [-0.2, 0) is 14.8 Å². The summed E-state index contributed by atoms with van der Waals surface area (Å²) in [5.41, 5.74) is -0.721. The maximum absolute atomic E-state index is 13.9. The Morgan fingerprint density at radius 3 is 1.69 bits per heavy atom. The van der Waals surface area contributed by atoms with Crippen LogP contribution in [0.4, 0.5) is 68.7 Å². The molecule has 0 radical (unpaired) electrons. The maximum Gasteiger partial charge on any atom is 0.460 e. The topological polar surface area (TPSA) is 101 Å². The van der Waals surface area contributed by atoms with Crippen LogP contribution in [-0.4, -0.2) is 60.1 Å². The van der Waals surface area contributed by atoms with Gasteiger partial charge in [-0.25, -0.2) is 23.1 Å². The maximum atomic E-state index is 13.9. The van der Waals surface area contributed by atoms with Crippen LogP contribution in [0.2, 0.25) is 0 Å². The summed E-state index contributed by atoms with van der Waals surface area (Å²) in [5.74, 6) is -43.0. The first-order valence-electron chi connectivity index (χ1n) is 9.52. The Labute approximate surface area is 208 Å². The molecule has 21 heteroatoms. The van der Waals surface area contributed by atoms with Crippen LogP contribution in [0.5, 0.6) is 0 Å². The second-order valence-corrected chi connectivity index (χ2v) is 9.16. The molecule has 2 N–H and O–H groups in total. The van der Waals surface area contributed by atoms with E-state index in [-0.39, 0.29) is 0 Å². The number of nitrogens with zero attached hydrogens (tertiary/aromatic N) is 2. The fraction of sp³-hybridized carbons (Fsp3) is 0.389. The second-order valence-electron chi connectivity index (χ2n) is 7.48. The summed E-state index contributed by atoms with van der Waals surface area (Å²) in [7, 11) is -4.49. The molecule has 1 heterocycles. The van der Waals surface area contributed by atoms with Crippen LogP contribution >= 0.6 is 0 Å². The van der Waals surface area contributed by atoms with Gasteiger partial charge in [0.25, 0.3) is 10.0 Å². The van der Waals surface area contributed by atoms with Crippen LogP contribution in [0.3, 0.4) is 0 Å². The normalized spacial score (nSPS) is 14.2. The zero-order chi connectivity index (χ0) is 30.5. The third kappa shape index (κ3) is 5.39. The summed E-state index contributed by atoms with van der Waals surface area (Å²) in [6, 6.07) is 3.31. The van der Waals surface area contributed by atoms with Gasteiger partial charge in [-0.2, -0.15) is 57.1 Å². The Balaban J connectivity index is 2.31. The molecule has 39 heavy (non-hydrogen) atoms. The number of hydrogen-bond donors (Lipinski definition) is 2. The van der Waals surface area contributed by atoms with Gasteiger partial charge in [0, 0.05) is 17.6 Å². The fourth-order valence-electron chi connectivity index (χ4n) is 2.52. The van der Waals surface area contributed by atoms with Gasteiger partial charge in [-0.15, -0.1) is 0 Å². The number of carbonyl (C=O) groups excluding carboxylic acids is 1. The quantitative estimate of drug-likeness (QED) is 0.378. The number of nitrogens with one attached hydrogen (secondary N) is 2. The highest BCUT2D eigenvalue weighted by atomic mass is 32.2. The average molecular weight is 610 g/mol. The molecular formula is C18H11F13N4O3S. The smallest absolute Gasteiger partial charge is 0.321 e. The van der Waals surface area contributed by atoms with Crippen molar-refractivity contribution in [3.8, 4) is 0 Å². The number of carbonyl (C=O) groups is 1. The Kier molecular flexibility index (Phi) is 7.88. The first-order chi connectivity index (χ1) is 17.3. The molecule has 218 valence electrons. The van der Waals surface area contributed by atoms with E-state index in [1.54, 1.807) is 0 Å². The van der Waals surface area contributed by atoms with Gasteiger partial charge in [-0.3, -0.25) is 4.79 Å². The number of anilines is 2. The number of benzene rings is 1. The molecule has 1 aromatic heterocycles. The highest BCUT2D eigenvalue weighted by Crippen LogP contribution is 2.60. The lowest BCUT2D eigenvalue weighted by Gasteiger charge is -2.39. The van der Waals surface area contributed by atoms with Crippen molar-refractivity contribution in [1.29, 1.82) is 0 Å². The summed E-state index contributed by atoms with van der Waals surface area (Å²) in [5, 5.41) is 0.820. The zero-order valence-electron chi connectivity index (χ0n) is 18.4. The minimum atomic E-state index is -8.16. The number of alkyl halides is 13. The Bertz CT molecular complexity index is 1330. The van der Waals surface area contributed by atoms with E-state index in [0.717, 1.165) is 5.32 Å². The molecule has 0 fully saturated rings. The van der Waals surface area contributed by atoms with E-state index in [0.29, 0.717) is 30.0 Å². The van der Waals surface area contributed by atoms with E-state index in [4.69, 9.17) is 0 Å². The van der Waals surface area contributed by atoms with Gasteiger partial charge < -0.3 is 5.32 Å². The number of rotatable bonds is 9. The fourth-order valence-corrected chi connectivity index (χ4v) is 3.47. The molecule has 0 aliphatic carbocycles. The summed E-state index contributed by atoms with van der Waals surface area (Å²) in [4.78, 5) is 18.2. The molecule has 1 aromatic carbocycles. The number of aromatic nitrogens is 2. The largest absolute Gasteiger partial charge is 0.460 e. The van der Waals surface area contributed by atoms with Crippen molar-refractivity contribution in [1.82, 2.24) is 9.97 Å². The van der Waals surface area contributed by atoms with Crippen molar-refractivity contribution in [3.63, 3.8) is 0 Å². The van der Waals surface area contributed by atoms with E-state index >= 15 is 0 Å². The molecule has 0 saturated heterocycles. The summed E-state index contributed by atoms with van der Waals surface area (Å²) >= 11 is 0. The number of amides is 1. The van der Waals surface area contributed by atoms with Gasteiger partial charge in [0.2, 0.25) is 5.95 Å². The second kappa shape index (κ2) is 9.66. The molecule has 0 unspecified atom stereocenters. The minimum Gasteiger partial charge on any atom is -0.321 e. The van der Waals surface area contributed by atoms with Crippen LogP contribution in [0, 0.1) is 6.92 Å². The monoisotopic (exact) mass is 610 g/mol. The number of hydrogen-bond acceptors (Lipinski definition) is 5. The third-order valence-corrected chi connectivity index (χ3v) is 6.01. The SMILES string of the molecule is Cc1ccnc(NS(=O)(=O)c2ccc(NC(=O)C(F)(F)C(F)(F)C(F)(F)C(F)(F)C(F)(F)C(F)(F)F)cc2)n1. The Morgan fingerprint density at radius 2 is 1.23 bits per heavy atom. The summed E-state index contributed by atoms with van der Waals surface area (Å²) < 4.78 is 198. The number of aryl methyl sites for hydroxylation is 1. The van der Waals surface area contributed by atoms with Gasteiger partial charge >= 0.3 is 41.7 Å². The molecule has 2 rings (SSSR count). The molecule has 7 nitrogen and oxygen atoms in total. The van der Waals surface area contributed by atoms with Crippen molar-refractivity contribution in [3.05, 3.63) is 42.2 Å². The lowest BCUT2D eigenvalue weighted by molar-refractivity contribution is -0.435. The highest BCUT2D eigenvalue weighted by Gasteiger charge is 2.91. The summed E-state index contributed by atoms with van der Waals surface area (Å²) in [6.45, 7) is 1.47. The predicted molar refractivity (Wildman–Crippen MR) is 103 cm³/mol. The van der Waals surface area contributed by atoms with Gasteiger partial charge in [0.1, 0.15) is 0 Å². The van der Waals surface area contributed by atoms with E-state index < -0.39 is 68.3 Å². The standard InChI is InChI=1S/C18H11F13N4O3S/c1-8-6-7-32-12(33-8)35-39(37,38)10-4-2-9(3-5-10)34-11(36)13(19,20)14(21,22)15(23,24)16(25,26)17(27,28)18(29,30)31/h2-7H,1H3,(H,34,36)(H,32,33,35). The van der Waals surface area contributed by atoms with Crippen LogP contribution in [0.15, 0.2) is 41.4 Å². The van der Waals surface area contributed by atoms with E-state index in [1.807, 2.05) is 4.72 Å². The van der Waals surface area contributed by atoms with Crippen LogP contribution in [0.1, 0.15) is 5.69 Å². The predicted octanol–water partition coefficient (Wildman–Crippen LogP) is 5.26. The first kappa shape index (κ1) is 31.8. The van der Waals surface area contributed by atoms with Crippen molar-refractivity contribution in [2.45, 2.75) is 47.6 Å². The summed E-state index contributed by atoms with van der Waals surface area (Å²) in [6.07, 6.45) is -6.42. The molecule has 0 saturated carbocycles. The lowest BCUT2D eigenvalue weighted by Crippen LogP contribution is -2.71. The third-order valence-electron chi connectivity index (χ3n) is 4.66. The molecule has 0 aliphatic rings. The van der Waals surface area contributed by atoms with Gasteiger partial charge in [0.15, 0.2) is 0 Å². The number of sulfonamides is 1.